The van der Waals surface area contributed by atoms with Crippen LogP contribution in [-0.4, -0.2) is 25.1 Å². The molecule has 0 radical (unpaired) electrons. The van der Waals surface area contributed by atoms with Gasteiger partial charge in [0.05, 0.1) is 25.3 Å². The second kappa shape index (κ2) is 7.12. The summed E-state index contributed by atoms with van der Waals surface area (Å²) in [6.07, 6.45) is 1.65. The number of H-pyrrole nitrogens is 1. The SMILES string of the molecule is COc1cccc(OC)c1-c1ccc(-c2ccc3[nH]cc(C(N)=O)c3c2)cc1. The minimum Gasteiger partial charge on any atom is -0.496 e. The van der Waals surface area contributed by atoms with Crippen LogP contribution in [0.2, 0.25) is 0 Å². The van der Waals surface area contributed by atoms with E-state index in [1.165, 1.54) is 0 Å². The number of benzene rings is 3. The molecule has 3 aromatic carbocycles. The summed E-state index contributed by atoms with van der Waals surface area (Å²) >= 11 is 0. The Hall–Kier alpha value is -3.73. The highest BCUT2D eigenvalue weighted by atomic mass is 16.5. The van der Waals surface area contributed by atoms with E-state index in [2.05, 4.69) is 4.98 Å². The van der Waals surface area contributed by atoms with Crippen molar-refractivity contribution < 1.29 is 14.3 Å². The van der Waals surface area contributed by atoms with Crippen molar-refractivity contribution in [3.8, 4) is 33.8 Å². The third-order valence-corrected chi connectivity index (χ3v) is 4.88. The molecule has 140 valence electrons. The number of aromatic nitrogens is 1. The molecule has 0 bridgehead atoms. The van der Waals surface area contributed by atoms with E-state index < -0.39 is 5.91 Å². The zero-order chi connectivity index (χ0) is 19.7. The smallest absolute Gasteiger partial charge is 0.250 e. The van der Waals surface area contributed by atoms with Crippen LogP contribution in [0.5, 0.6) is 11.5 Å². The van der Waals surface area contributed by atoms with Crippen molar-refractivity contribution >= 4 is 16.8 Å². The highest BCUT2D eigenvalue weighted by Crippen LogP contribution is 2.39. The maximum Gasteiger partial charge on any atom is 0.250 e. The molecule has 4 aromatic rings. The lowest BCUT2D eigenvalue weighted by Crippen LogP contribution is -2.09. The first kappa shape index (κ1) is 17.7. The second-order valence-electron chi connectivity index (χ2n) is 6.44. The van der Waals surface area contributed by atoms with Crippen molar-refractivity contribution in [1.29, 1.82) is 0 Å². The third kappa shape index (κ3) is 2.97. The van der Waals surface area contributed by atoms with Gasteiger partial charge in [0.15, 0.2) is 0 Å². The molecular weight excluding hydrogens is 352 g/mol. The number of carbonyl (C=O) groups is 1. The van der Waals surface area contributed by atoms with Crippen LogP contribution in [0.15, 0.2) is 66.9 Å². The number of aromatic amines is 1. The number of nitrogens with one attached hydrogen (secondary N) is 1. The Balaban J connectivity index is 1.76. The Kier molecular flexibility index (Phi) is 4.49. The number of hydrogen-bond acceptors (Lipinski definition) is 3. The van der Waals surface area contributed by atoms with Crippen molar-refractivity contribution in [2.75, 3.05) is 14.2 Å². The van der Waals surface area contributed by atoms with Gasteiger partial charge in [-0.25, -0.2) is 0 Å². The fourth-order valence-electron chi connectivity index (χ4n) is 3.47. The van der Waals surface area contributed by atoms with Gasteiger partial charge in [-0.2, -0.15) is 0 Å². The zero-order valence-electron chi connectivity index (χ0n) is 15.7. The number of carbonyl (C=O) groups excluding carboxylic acids is 1. The highest BCUT2D eigenvalue weighted by molar-refractivity contribution is 6.06. The van der Waals surface area contributed by atoms with Crippen LogP contribution in [0.4, 0.5) is 0 Å². The van der Waals surface area contributed by atoms with Gasteiger partial charge in [-0.1, -0.05) is 36.4 Å². The molecule has 1 amide bonds. The van der Waals surface area contributed by atoms with Crippen LogP contribution in [0.3, 0.4) is 0 Å². The average Bonchev–Trinajstić information content (AvgIpc) is 3.16. The van der Waals surface area contributed by atoms with E-state index in [1.54, 1.807) is 20.4 Å². The molecule has 0 aliphatic rings. The van der Waals surface area contributed by atoms with Crippen LogP contribution >= 0.6 is 0 Å². The number of nitrogens with two attached hydrogens (primary N) is 1. The molecule has 0 saturated carbocycles. The Morgan fingerprint density at radius 2 is 1.46 bits per heavy atom. The quantitative estimate of drug-likeness (QED) is 0.537. The van der Waals surface area contributed by atoms with Crippen molar-refractivity contribution in [3.05, 3.63) is 72.4 Å². The molecule has 0 saturated heterocycles. The predicted octanol–water partition coefficient (Wildman–Crippen LogP) is 4.62. The average molecular weight is 372 g/mol. The van der Waals surface area contributed by atoms with E-state index in [-0.39, 0.29) is 0 Å². The van der Waals surface area contributed by atoms with Crippen LogP contribution in [0.1, 0.15) is 10.4 Å². The number of fused-ring (bicyclic) bond motifs is 1. The Labute approximate surface area is 162 Å². The summed E-state index contributed by atoms with van der Waals surface area (Å²) in [5, 5.41) is 0.820. The number of ether oxygens (including phenoxy) is 2. The Bertz CT molecular complexity index is 1140. The van der Waals surface area contributed by atoms with Crippen molar-refractivity contribution in [3.63, 3.8) is 0 Å². The molecule has 0 unspecified atom stereocenters. The topological polar surface area (TPSA) is 77.3 Å². The number of primary amides is 1. The molecule has 1 aromatic heterocycles. The van der Waals surface area contributed by atoms with E-state index in [9.17, 15) is 4.79 Å². The summed E-state index contributed by atoms with van der Waals surface area (Å²) in [7, 11) is 3.30. The summed E-state index contributed by atoms with van der Waals surface area (Å²) in [6, 6.07) is 19.8. The van der Waals surface area contributed by atoms with Gasteiger partial charge in [-0.15, -0.1) is 0 Å². The highest BCUT2D eigenvalue weighted by Gasteiger charge is 2.13. The van der Waals surface area contributed by atoms with Gasteiger partial charge in [0.1, 0.15) is 11.5 Å². The Morgan fingerprint density at radius 1 is 0.857 bits per heavy atom. The minimum atomic E-state index is -0.443. The molecule has 1 heterocycles. The first-order chi connectivity index (χ1) is 13.6. The van der Waals surface area contributed by atoms with E-state index in [0.29, 0.717) is 5.56 Å². The molecule has 0 atom stereocenters. The summed E-state index contributed by atoms with van der Waals surface area (Å²) in [4.78, 5) is 14.7. The zero-order valence-corrected chi connectivity index (χ0v) is 15.7. The molecular formula is C23H20N2O3. The number of hydrogen-bond donors (Lipinski definition) is 2. The summed E-state index contributed by atoms with van der Waals surface area (Å²) in [5.74, 6) is 1.07. The molecule has 0 spiro atoms. The van der Waals surface area contributed by atoms with Crippen LogP contribution in [0, 0.1) is 0 Å². The van der Waals surface area contributed by atoms with Gasteiger partial charge in [0.25, 0.3) is 5.91 Å². The van der Waals surface area contributed by atoms with Gasteiger partial charge in [0, 0.05) is 17.1 Å². The van der Waals surface area contributed by atoms with Gasteiger partial charge < -0.3 is 20.2 Å². The standard InChI is InChI=1S/C23H20N2O3/c1-27-20-4-3-5-21(28-2)22(20)15-8-6-14(7-9-15)16-10-11-19-17(12-16)18(13-25-19)23(24)26/h3-13,25H,1-2H3,(H2,24,26). The Morgan fingerprint density at radius 3 is 2.07 bits per heavy atom. The van der Waals surface area contributed by atoms with E-state index >= 15 is 0 Å². The van der Waals surface area contributed by atoms with Gasteiger partial charge in [0.2, 0.25) is 0 Å². The first-order valence-electron chi connectivity index (χ1n) is 8.85. The second-order valence-corrected chi connectivity index (χ2v) is 6.44. The molecule has 0 aliphatic heterocycles. The first-order valence-corrected chi connectivity index (χ1v) is 8.85. The van der Waals surface area contributed by atoms with Crippen molar-refractivity contribution in [1.82, 2.24) is 4.98 Å². The van der Waals surface area contributed by atoms with Crippen molar-refractivity contribution in [2.24, 2.45) is 5.73 Å². The normalized spacial score (nSPS) is 10.8. The molecule has 28 heavy (non-hydrogen) atoms. The molecule has 0 aliphatic carbocycles. The molecule has 3 N–H and O–H groups in total. The maximum absolute atomic E-state index is 11.6. The number of amides is 1. The van der Waals surface area contributed by atoms with E-state index in [1.807, 2.05) is 60.7 Å². The predicted molar refractivity (Wildman–Crippen MR) is 111 cm³/mol. The number of rotatable bonds is 5. The van der Waals surface area contributed by atoms with E-state index in [4.69, 9.17) is 15.2 Å². The van der Waals surface area contributed by atoms with Crippen molar-refractivity contribution in [2.45, 2.75) is 0 Å². The lowest BCUT2D eigenvalue weighted by Gasteiger charge is -2.13. The molecule has 5 heteroatoms. The van der Waals surface area contributed by atoms with Gasteiger partial charge in [-0.05, 0) is 41.0 Å². The molecule has 4 rings (SSSR count). The third-order valence-electron chi connectivity index (χ3n) is 4.88. The number of methoxy groups -OCH3 is 2. The van der Waals surface area contributed by atoms with Crippen LogP contribution in [0.25, 0.3) is 33.2 Å². The molecule has 5 nitrogen and oxygen atoms in total. The largest absolute Gasteiger partial charge is 0.496 e. The monoisotopic (exact) mass is 372 g/mol. The fourth-order valence-corrected chi connectivity index (χ4v) is 3.47. The maximum atomic E-state index is 11.6. The fraction of sp³-hybridized carbons (Fsp3) is 0.0870. The summed E-state index contributed by atoms with van der Waals surface area (Å²) in [6.45, 7) is 0. The van der Waals surface area contributed by atoms with Crippen LogP contribution < -0.4 is 15.2 Å². The van der Waals surface area contributed by atoms with Crippen LogP contribution in [-0.2, 0) is 0 Å². The lowest BCUT2D eigenvalue weighted by molar-refractivity contribution is 0.100. The summed E-state index contributed by atoms with van der Waals surface area (Å²) < 4.78 is 11.0. The lowest BCUT2D eigenvalue weighted by atomic mass is 9.98. The van der Waals surface area contributed by atoms with Gasteiger partial charge >= 0.3 is 0 Å². The van der Waals surface area contributed by atoms with Gasteiger partial charge in [-0.3, -0.25) is 4.79 Å². The summed E-state index contributed by atoms with van der Waals surface area (Å²) in [5.41, 5.74) is 10.8. The minimum absolute atomic E-state index is 0.443. The van der Waals surface area contributed by atoms with E-state index in [0.717, 1.165) is 44.7 Å². The molecule has 0 fully saturated rings.